The van der Waals surface area contributed by atoms with Crippen LogP contribution in [-0.4, -0.2) is 33.6 Å². The molecule has 27 heavy (non-hydrogen) atoms. The van der Waals surface area contributed by atoms with E-state index in [9.17, 15) is 4.79 Å². The molecule has 0 aromatic carbocycles. The zero-order valence-electron chi connectivity index (χ0n) is 15.1. The molecule has 0 atom stereocenters. The van der Waals surface area contributed by atoms with Crippen LogP contribution < -0.4 is 4.74 Å². The highest BCUT2D eigenvalue weighted by Crippen LogP contribution is 2.38. The molecule has 0 spiro atoms. The van der Waals surface area contributed by atoms with Crippen molar-refractivity contribution in [2.45, 2.75) is 13.8 Å². The number of hydrogen-bond acceptors (Lipinski definition) is 5. The Morgan fingerprint density at radius 3 is 2.81 bits per heavy atom. The van der Waals surface area contributed by atoms with Crippen LogP contribution in [0, 0.1) is 0 Å². The number of pyridine rings is 1. The quantitative estimate of drug-likeness (QED) is 0.661. The Morgan fingerprint density at radius 1 is 1.22 bits per heavy atom. The van der Waals surface area contributed by atoms with E-state index in [1.165, 1.54) is 11.3 Å². The molecule has 4 heterocycles. The number of amides is 1. The Bertz CT molecular complexity index is 988. The number of carbonyl (C=O) groups is 1. The van der Waals surface area contributed by atoms with E-state index in [2.05, 4.69) is 4.98 Å². The SMILES string of the molecule is CCN(CC)C(=O)OC1=C(c2cccs2)Oc2cccnc2-n2cccc21. The van der Waals surface area contributed by atoms with Gasteiger partial charge in [0.1, 0.15) is 0 Å². The van der Waals surface area contributed by atoms with Gasteiger partial charge in [-0.3, -0.25) is 4.57 Å². The molecule has 1 aliphatic rings. The van der Waals surface area contributed by atoms with E-state index >= 15 is 0 Å². The maximum absolute atomic E-state index is 12.7. The minimum Gasteiger partial charge on any atom is -0.448 e. The molecule has 6 nitrogen and oxygen atoms in total. The molecule has 138 valence electrons. The molecule has 1 aliphatic heterocycles. The first-order chi connectivity index (χ1) is 13.2. The van der Waals surface area contributed by atoms with Crippen LogP contribution in [0.4, 0.5) is 4.79 Å². The van der Waals surface area contributed by atoms with Crippen molar-refractivity contribution in [1.82, 2.24) is 14.5 Å². The summed E-state index contributed by atoms with van der Waals surface area (Å²) in [5, 5.41) is 1.96. The lowest BCUT2D eigenvalue weighted by Crippen LogP contribution is -2.31. The summed E-state index contributed by atoms with van der Waals surface area (Å²) in [6.45, 7) is 4.98. The smallest absolute Gasteiger partial charge is 0.415 e. The van der Waals surface area contributed by atoms with Crippen molar-refractivity contribution in [3.8, 4) is 11.6 Å². The average molecular weight is 381 g/mol. The molecule has 0 radical (unpaired) electrons. The summed E-state index contributed by atoms with van der Waals surface area (Å²) in [7, 11) is 0. The minimum absolute atomic E-state index is 0.386. The topological polar surface area (TPSA) is 56.6 Å². The number of fused-ring (bicyclic) bond motifs is 3. The van der Waals surface area contributed by atoms with Crippen molar-refractivity contribution >= 4 is 28.9 Å². The molecule has 0 saturated carbocycles. The van der Waals surface area contributed by atoms with E-state index < -0.39 is 6.09 Å². The summed E-state index contributed by atoms with van der Waals surface area (Å²) in [4.78, 5) is 19.7. The van der Waals surface area contributed by atoms with E-state index in [1.54, 1.807) is 11.1 Å². The average Bonchev–Trinajstić information content (AvgIpc) is 3.36. The van der Waals surface area contributed by atoms with E-state index in [0.29, 0.717) is 36.2 Å². The van der Waals surface area contributed by atoms with Crippen molar-refractivity contribution in [1.29, 1.82) is 0 Å². The van der Waals surface area contributed by atoms with Crippen LogP contribution >= 0.6 is 11.3 Å². The molecule has 3 aromatic rings. The highest BCUT2D eigenvalue weighted by Gasteiger charge is 2.29. The molecular weight excluding hydrogens is 362 g/mol. The van der Waals surface area contributed by atoms with Gasteiger partial charge in [-0.2, -0.15) is 0 Å². The molecular formula is C20H19N3O3S. The summed E-state index contributed by atoms with van der Waals surface area (Å²) in [5.41, 5.74) is 0.719. The van der Waals surface area contributed by atoms with Crippen molar-refractivity contribution in [2.24, 2.45) is 0 Å². The summed E-state index contributed by atoms with van der Waals surface area (Å²) >= 11 is 1.52. The highest BCUT2D eigenvalue weighted by molar-refractivity contribution is 7.11. The molecule has 1 amide bonds. The van der Waals surface area contributed by atoms with Gasteiger partial charge in [-0.15, -0.1) is 11.3 Å². The molecule has 0 unspecified atom stereocenters. The van der Waals surface area contributed by atoms with Crippen LogP contribution in [0.5, 0.6) is 5.75 Å². The molecule has 0 bridgehead atoms. The fourth-order valence-electron chi connectivity index (χ4n) is 2.97. The maximum Gasteiger partial charge on any atom is 0.415 e. The summed E-state index contributed by atoms with van der Waals surface area (Å²) < 4.78 is 14.0. The molecule has 7 heteroatoms. The molecule has 0 fully saturated rings. The van der Waals surface area contributed by atoms with Crippen molar-refractivity contribution < 1.29 is 14.3 Å². The third kappa shape index (κ3) is 3.10. The van der Waals surface area contributed by atoms with Gasteiger partial charge in [0.2, 0.25) is 5.76 Å². The number of carbonyl (C=O) groups excluding carboxylic acids is 1. The molecule has 0 N–H and O–H groups in total. The molecule has 0 aliphatic carbocycles. The van der Waals surface area contributed by atoms with Crippen LogP contribution in [0.3, 0.4) is 0 Å². The Hall–Kier alpha value is -3.06. The Labute approximate surface area is 161 Å². The normalized spacial score (nSPS) is 12.7. The Balaban J connectivity index is 1.89. The second kappa shape index (κ2) is 7.28. The lowest BCUT2D eigenvalue weighted by atomic mass is 10.2. The zero-order chi connectivity index (χ0) is 18.8. The van der Waals surface area contributed by atoms with Gasteiger partial charge < -0.3 is 14.4 Å². The van der Waals surface area contributed by atoms with Crippen LogP contribution in [0.25, 0.3) is 17.3 Å². The lowest BCUT2D eigenvalue weighted by molar-refractivity contribution is 0.147. The fraction of sp³-hybridized carbons (Fsp3) is 0.200. The maximum atomic E-state index is 12.7. The van der Waals surface area contributed by atoms with Crippen LogP contribution in [0.1, 0.15) is 24.4 Å². The van der Waals surface area contributed by atoms with E-state index in [4.69, 9.17) is 9.47 Å². The molecule has 0 saturated heterocycles. The van der Waals surface area contributed by atoms with Gasteiger partial charge in [-0.25, -0.2) is 9.78 Å². The molecule has 4 rings (SSSR count). The van der Waals surface area contributed by atoms with Crippen LogP contribution in [0.2, 0.25) is 0 Å². The number of hydrogen-bond donors (Lipinski definition) is 0. The number of rotatable bonds is 4. The Kier molecular flexibility index (Phi) is 4.68. The summed E-state index contributed by atoms with van der Waals surface area (Å²) in [6, 6.07) is 11.4. The molecule has 3 aromatic heterocycles. The van der Waals surface area contributed by atoms with Gasteiger partial charge in [0.05, 0.1) is 10.6 Å². The lowest BCUT2D eigenvalue weighted by Gasteiger charge is -2.20. The van der Waals surface area contributed by atoms with Crippen molar-refractivity contribution in [3.63, 3.8) is 0 Å². The number of ether oxygens (including phenoxy) is 2. The largest absolute Gasteiger partial charge is 0.448 e. The third-order valence-electron chi connectivity index (χ3n) is 4.33. The number of nitrogens with zero attached hydrogens (tertiary/aromatic N) is 3. The third-order valence-corrected chi connectivity index (χ3v) is 5.20. The van der Waals surface area contributed by atoms with Gasteiger partial charge in [-0.1, -0.05) is 6.07 Å². The number of thiophene rings is 1. The van der Waals surface area contributed by atoms with Gasteiger partial charge in [0.25, 0.3) is 0 Å². The van der Waals surface area contributed by atoms with Crippen LogP contribution in [-0.2, 0) is 4.74 Å². The zero-order valence-corrected chi connectivity index (χ0v) is 15.9. The number of aromatic nitrogens is 2. The first kappa shape index (κ1) is 17.4. The van der Waals surface area contributed by atoms with Gasteiger partial charge >= 0.3 is 6.09 Å². The van der Waals surface area contributed by atoms with E-state index in [-0.39, 0.29) is 0 Å². The predicted molar refractivity (Wildman–Crippen MR) is 105 cm³/mol. The summed E-state index contributed by atoms with van der Waals surface area (Å²) in [5.74, 6) is 2.15. The standard InChI is InChI=1S/C20H19N3O3S/c1-3-22(4-2)20(24)26-17-14-8-6-12-23(14)19-15(9-5-11-21-19)25-18(17)16-10-7-13-27-16/h5-13H,3-4H2,1-2H3. The predicted octanol–water partition coefficient (Wildman–Crippen LogP) is 4.63. The van der Waals surface area contributed by atoms with E-state index in [1.807, 2.05) is 66.4 Å². The Morgan fingerprint density at radius 2 is 2.07 bits per heavy atom. The first-order valence-corrected chi connectivity index (χ1v) is 9.66. The van der Waals surface area contributed by atoms with Crippen molar-refractivity contribution in [2.75, 3.05) is 13.1 Å². The first-order valence-electron chi connectivity index (χ1n) is 8.78. The monoisotopic (exact) mass is 381 g/mol. The van der Waals surface area contributed by atoms with Gasteiger partial charge in [0, 0.05) is 25.5 Å². The fourth-order valence-corrected chi connectivity index (χ4v) is 3.67. The summed E-state index contributed by atoms with van der Waals surface area (Å²) in [6.07, 6.45) is 3.19. The van der Waals surface area contributed by atoms with E-state index in [0.717, 1.165) is 10.6 Å². The van der Waals surface area contributed by atoms with Crippen LogP contribution in [0.15, 0.2) is 54.2 Å². The van der Waals surface area contributed by atoms with Gasteiger partial charge in [-0.05, 0) is 49.6 Å². The highest BCUT2D eigenvalue weighted by atomic mass is 32.1. The van der Waals surface area contributed by atoms with Gasteiger partial charge in [0.15, 0.2) is 17.3 Å². The minimum atomic E-state index is -0.403. The second-order valence-electron chi connectivity index (χ2n) is 5.87. The second-order valence-corrected chi connectivity index (χ2v) is 6.81. The van der Waals surface area contributed by atoms with Crippen molar-refractivity contribution in [3.05, 3.63) is 64.7 Å².